The molecule has 2 unspecified atom stereocenters. The number of carbonyl (C=O) groups is 1. The predicted octanol–water partition coefficient (Wildman–Crippen LogP) is 3.84. The summed E-state index contributed by atoms with van der Waals surface area (Å²) >= 11 is 0. The molecule has 2 atom stereocenters. The van der Waals surface area contributed by atoms with Crippen LogP contribution < -0.4 is 0 Å². The van der Waals surface area contributed by atoms with Gasteiger partial charge in [0, 0.05) is 25.4 Å². The molecule has 1 heterocycles. The van der Waals surface area contributed by atoms with Crippen LogP contribution in [-0.2, 0) is 9.53 Å². The monoisotopic (exact) mass is 323 g/mol. The lowest BCUT2D eigenvalue weighted by atomic mass is 9.88. The first-order valence-electron chi connectivity index (χ1n) is 8.66. The largest absolute Gasteiger partial charge is 0.372 e. The van der Waals surface area contributed by atoms with Crippen molar-refractivity contribution in [3.63, 3.8) is 0 Å². The summed E-state index contributed by atoms with van der Waals surface area (Å²) in [5.41, 5.74) is 2.37. The van der Waals surface area contributed by atoms with E-state index in [0.717, 1.165) is 0 Å². The molecule has 0 bridgehead atoms. The van der Waals surface area contributed by atoms with Gasteiger partial charge >= 0.3 is 0 Å². The fourth-order valence-corrected chi connectivity index (χ4v) is 3.48. The molecule has 1 amide bonds. The summed E-state index contributed by atoms with van der Waals surface area (Å²) in [6, 6.07) is 20.6. The Kier molecular flexibility index (Phi) is 5.31. The standard InChI is InChI=1S/C21H25NO2/c1-16-14-22(15-17(2)24-16)21(23)13-20(18-9-5-3-6-10-18)19-11-7-4-8-12-19/h3-12,16-17,20H,13-15H2,1-2H3. The molecular weight excluding hydrogens is 298 g/mol. The highest BCUT2D eigenvalue weighted by Gasteiger charge is 2.28. The van der Waals surface area contributed by atoms with E-state index in [9.17, 15) is 4.79 Å². The minimum absolute atomic E-state index is 0.0911. The first-order chi connectivity index (χ1) is 11.6. The predicted molar refractivity (Wildman–Crippen MR) is 95.9 cm³/mol. The smallest absolute Gasteiger partial charge is 0.223 e. The van der Waals surface area contributed by atoms with Crippen LogP contribution in [0.3, 0.4) is 0 Å². The second-order valence-corrected chi connectivity index (χ2v) is 6.63. The van der Waals surface area contributed by atoms with Gasteiger partial charge in [0.05, 0.1) is 12.2 Å². The third kappa shape index (κ3) is 4.04. The van der Waals surface area contributed by atoms with Gasteiger partial charge in [-0.05, 0) is 25.0 Å². The van der Waals surface area contributed by atoms with Crippen molar-refractivity contribution in [3.8, 4) is 0 Å². The van der Waals surface area contributed by atoms with Crippen LogP contribution in [0.5, 0.6) is 0 Å². The molecule has 0 aromatic heterocycles. The second kappa shape index (κ2) is 7.63. The average Bonchev–Trinajstić information content (AvgIpc) is 2.60. The van der Waals surface area contributed by atoms with Gasteiger partial charge < -0.3 is 9.64 Å². The minimum Gasteiger partial charge on any atom is -0.372 e. The topological polar surface area (TPSA) is 29.5 Å². The molecule has 3 nitrogen and oxygen atoms in total. The molecule has 0 aliphatic carbocycles. The van der Waals surface area contributed by atoms with Gasteiger partial charge in [0.1, 0.15) is 0 Å². The van der Waals surface area contributed by atoms with Crippen molar-refractivity contribution in [3.05, 3.63) is 71.8 Å². The molecule has 1 fully saturated rings. The molecule has 0 radical (unpaired) electrons. The molecule has 0 spiro atoms. The van der Waals surface area contributed by atoms with E-state index in [1.807, 2.05) is 55.1 Å². The Morgan fingerprint density at radius 2 is 1.42 bits per heavy atom. The lowest BCUT2D eigenvalue weighted by Crippen LogP contribution is -2.48. The van der Waals surface area contributed by atoms with Crippen LogP contribution in [-0.4, -0.2) is 36.1 Å². The molecule has 0 saturated carbocycles. The molecule has 0 N–H and O–H groups in total. The van der Waals surface area contributed by atoms with E-state index >= 15 is 0 Å². The summed E-state index contributed by atoms with van der Waals surface area (Å²) in [5, 5.41) is 0. The van der Waals surface area contributed by atoms with E-state index in [4.69, 9.17) is 4.74 Å². The summed E-state index contributed by atoms with van der Waals surface area (Å²) in [5.74, 6) is 0.295. The van der Waals surface area contributed by atoms with Crippen LogP contribution in [0.2, 0.25) is 0 Å². The number of amides is 1. The summed E-state index contributed by atoms with van der Waals surface area (Å²) in [6.45, 7) is 5.42. The number of nitrogens with zero attached hydrogens (tertiary/aromatic N) is 1. The van der Waals surface area contributed by atoms with E-state index in [1.54, 1.807) is 0 Å². The number of hydrogen-bond donors (Lipinski definition) is 0. The Hall–Kier alpha value is -2.13. The molecule has 1 aliphatic heterocycles. The zero-order chi connectivity index (χ0) is 16.9. The van der Waals surface area contributed by atoms with E-state index in [-0.39, 0.29) is 24.0 Å². The fourth-order valence-electron chi connectivity index (χ4n) is 3.48. The SMILES string of the molecule is CC1CN(C(=O)CC(c2ccccc2)c2ccccc2)CC(C)O1. The second-order valence-electron chi connectivity index (χ2n) is 6.63. The number of rotatable bonds is 4. The normalized spacial score (nSPS) is 21.0. The molecular formula is C21H25NO2. The van der Waals surface area contributed by atoms with E-state index < -0.39 is 0 Å². The summed E-state index contributed by atoms with van der Waals surface area (Å²) in [4.78, 5) is 14.9. The first-order valence-corrected chi connectivity index (χ1v) is 8.66. The highest BCUT2D eigenvalue weighted by Crippen LogP contribution is 2.29. The van der Waals surface area contributed by atoms with Gasteiger partial charge in [0.15, 0.2) is 0 Å². The van der Waals surface area contributed by atoms with Crippen molar-refractivity contribution in [1.82, 2.24) is 4.90 Å². The number of benzene rings is 2. The molecule has 3 heteroatoms. The lowest BCUT2D eigenvalue weighted by Gasteiger charge is -2.36. The van der Waals surface area contributed by atoms with Crippen LogP contribution in [0, 0.1) is 0 Å². The van der Waals surface area contributed by atoms with Crippen LogP contribution in [0.4, 0.5) is 0 Å². The van der Waals surface area contributed by atoms with E-state index in [2.05, 4.69) is 24.3 Å². The molecule has 1 saturated heterocycles. The van der Waals surface area contributed by atoms with Crippen molar-refractivity contribution in [2.24, 2.45) is 0 Å². The molecule has 3 rings (SSSR count). The first kappa shape index (κ1) is 16.7. The zero-order valence-electron chi connectivity index (χ0n) is 14.4. The van der Waals surface area contributed by atoms with Gasteiger partial charge in [-0.2, -0.15) is 0 Å². The Labute approximate surface area is 144 Å². The maximum atomic E-state index is 12.9. The lowest BCUT2D eigenvalue weighted by molar-refractivity contribution is -0.143. The Morgan fingerprint density at radius 3 is 1.88 bits per heavy atom. The Balaban J connectivity index is 1.81. The van der Waals surface area contributed by atoms with Crippen molar-refractivity contribution in [2.45, 2.75) is 38.4 Å². The van der Waals surface area contributed by atoms with Gasteiger partial charge in [0.2, 0.25) is 5.91 Å². The van der Waals surface area contributed by atoms with Crippen LogP contribution in [0.1, 0.15) is 37.3 Å². The van der Waals surface area contributed by atoms with Gasteiger partial charge in [-0.15, -0.1) is 0 Å². The van der Waals surface area contributed by atoms with Crippen molar-refractivity contribution >= 4 is 5.91 Å². The van der Waals surface area contributed by atoms with Crippen LogP contribution in [0.15, 0.2) is 60.7 Å². The summed E-state index contributed by atoms with van der Waals surface area (Å²) < 4.78 is 5.75. The van der Waals surface area contributed by atoms with Gasteiger partial charge in [0.25, 0.3) is 0 Å². The van der Waals surface area contributed by atoms with E-state index in [0.29, 0.717) is 19.5 Å². The number of hydrogen-bond acceptors (Lipinski definition) is 2. The maximum absolute atomic E-state index is 12.9. The quantitative estimate of drug-likeness (QED) is 0.855. The summed E-state index contributed by atoms with van der Waals surface area (Å²) in [7, 11) is 0. The maximum Gasteiger partial charge on any atom is 0.223 e. The van der Waals surface area contributed by atoms with Crippen LogP contribution in [0.25, 0.3) is 0 Å². The fraction of sp³-hybridized carbons (Fsp3) is 0.381. The van der Waals surface area contributed by atoms with Crippen molar-refractivity contribution in [1.29, 1.82) is 0 Å². The van der Waals surface area contributed by atoms with E-state index in [1.165, 1.54) is 11.1 Å². The molecule has 1 aliphatic rings. The molecule has 126 valence electrons. The van der Waals surface area contributed by atoms with Crippen LogP contribution >= 0.6 is 0 Å². The van der Waals surface area contributed by atoms with Crippen molar-refractivity contribution < 1.29 is 9.53 Å². The number of carbonyl (C=O) groups excluding carboxylic acids is 1. The Morgan fingerprint density at radius 1 is 0.958 bits per heavy atom. The number of morpholine rings is 1. The highest BCUT2D eigenvalue weighted by atomic mass is 16.5. The number of ether oxygens (including phenoxy) is 1. The molecule has 24 heavy (non-hydrogen) atoms. The van der Waals surface area contributed by atoms with Gasteiger partial charge in [-0.25, -0.2) is 0 Å². The highest BCUT2D eigenvalue weighted by molar-refractivity contribution is 5.78. The average molecular weight is 323 g/mol. The van der Waals surface area contributed by atoms with Gasteiger partial charge in [-0.1, -0.05) is 60.7 Å². The van der Waals surface area contributed by atoms with Crippen molar-refractivity contribution in [2.75, 3.05) is 13.1 Å². The zero-order valence-corrected chi connectivity index (χ0v) is 14.4. The minimum atomic E-state index is 0.0911. The Bertz CT molecular complexity index is 607. The molecule has 2 aromatic carbocycles. The third-order valence-corrected chi connectivity index (χ3v) is 4.55. The molecule has 2 aromatic rings. The summed E-state index contributed by atoms with van der Waals surface area (Å²) in [6.07, 6.45) is 0.696. The van der Waals surface area contributed by atoms with Gasteiger partial charge in [-0.3, -0.25) is 4.79 Å². The third-order valence-electron chi connectivity index (χ3n) is 4.55.